The van der Waals surface area contributed by atoms with Gasteiger partial charge in [0.15, 0.2) is 0 Å². The summed E-state index contributed by atoms with van der Waals surface area (Å²) in [7, 11) is 3.29. The molecule has 0 unspecified atom stereocenters. The number of anilines is 1. The number of aliphatic hydroxyl groups excluding tert-OH is 1. The molecule has 0 spiro atoms. The van der Waals surface area contributed by atoms with Crippen LogP contribution in [0.5, 0.6) is 5.75 Å². The summed E-state index contributed by atoms with van der Waals surface area (Å²) >= 11 is 0. The third kappa shape index (κ3) is 7.15. The van der Waals surface area contributed by atoms with E-state index in [-0.39, 0.29) is 36.6 Å². The average molecular weight is 489 g/mol. The first kappa shape index (κ1) is 26.4. The van der Waals surface area contributed by atoms with E-state index in [1.54, 1.807) is 59.1 Å². The molecule has 2 heterocycles. The van der Waals surface area contributed by atoms with E-state index >= 15 is 0 Å². The van der Waals surface area contributed by atoms with Crippen molar-refractivity contribution in [1.29, 1.82) is 0 Å². The third-order valence-corrected chi connectivity index (χ3v) is 6.28. The zero-order valence-electron chi connectivity index (χ0n) is 20.9. The zero-order valence-corrected chi connectivity index (χ0v) is 20.9. The number of nitrogens with zero attached hydrogens (tertiary/aromatic N) is 5. The number of carbonyl (C=O) groups is 2. The van der Waals surface area contributed by atoms with Gasteiger partial charge in [0, 0.05) is 44.7 Å². The van der Waals surface area contributed by atoms with Gasteiger partial charge in [-0.3, -0.25) is 4.79 Å². The van der Waals surface area contributed by atoms with E-state index in [9.17, 15) is 14.7 Å². The number of methoxy groups -OCH3 is 1. The zero-order chi connectivity index (χ0) is 25.4. The molecule has 1 aromatic carbocycles. The Bertz CT molecular complexity index is 966. The van der Waals surface area contributed by atoms with Crippen molar-refractivity contribution in [2.75, 3.05) is 39.2 Å². The average Bonchev–Trinajstić information content (AvgIpc) is 3.31. The first-order valence-corrected chi connectivity index (χ1v) is 11.9. The standard InChI is InChI=1S/C24H36N6O5/c1-17-13-29(18(2)15-31)23(32)6-5-11-30-20(12-25-27-30)16-35-22(17)14-28(3)24(33)26-19-7-9-21(34-4)10-8-19/h7-10,12,17-18,22,31H,5-6,11,13-16H2,1-4H3,(H,26,33)/t17-,18+,22-/m0/s1. The van der Waals surface area contributed by atoms with E-state index in [0.29, 0.717) is 50.5 Å². The molecule has 3 rings (SSSR count). The number of hydrogen-bond acceptors (Lipinski definition) is 7. The number of ether oxygens (including phenoxy) is 2. The molecule has 2 N–H and O–H groups in total. The van der Waals surface area contributed by atoms with Crippen LogP contribution in [0.1, 0.15) is 32.4 Å². The van der Waals surface area contributed by atoms with E-state index in [0.717, 1.165) is 5.69 Å². The maximum Gasteiger partial charge on any atom is 0.321 e. The molecule has 0 bridgehead atoms. The molecule has 0 radical (unpaired) electrons. The number of aromatic nitrogens is 3. The van der Waals surface area contributed by atoms with Crippen molar-refractivity contribution in [3.8, 4) is 5.75 Å². The highest BCUT2D eigenvalue weighted by atomic mass is 16.5. The molecule has 11 nitrogen and oxygen atoms in total. The van der Waals surface area contributed by atoms with E-state index < -0.39 is 0 Å². The van der Waals surface area contributed by atoms with E-state index in [4.69, 9.17) is 9.47 Å². The second-order valence-corrected chi connectivity index (χ2v) is 9.00. The van der Waals surface area contributed by atoms with Gasteiger partial charge < -0.3 is 29.7 Å². The van der Waals surface area contributed by atoms with Gasteiger partial charge in [0.1, 0.15) is 5.75 Å². The van der Waals surface area contributed by atoms with Crippen molar-refractivity contribution in [3.05, 3.63) is 36.2 Å². The number of fused-ring (bicyclic) bond motifs is 1. The second kappa shape index (κ2) is 12.5. The smallest absolute Gasteiger partial charge is 0.321 e. The lowest BCUT2D eigenvalue weighted by Crippen LogP contribution is -2.48. The summed E-state index contributed by atoms with van der Waals surface area (Å²) in [6.07, 6.45) is 2.27. The Morgan fingerprint density at radius 2 is 2.11 bits per heavy atom. The minimum atomic E-state index is -0.370. The molecule has 2 aromatic rings. The van der Waals surface area contributed by atoms with E-state index in [1.165, 1.54) is 0 Å². The number of benzene rings is 1. The maximum absolute atomic E-state index is 13.0. The number of hydrogen-bond donors (Lipinski definition) is 2. The van der Waals surface area contributed by atoms with Crippen molar-refractivity contribution < 1.29 is 24.2 Å². The van der Waals surface area contributed by atoms with Crippen LogP contribution in [0.2, 0.25) is 0 Å². The van der Waals surface area contributed by atoms with Gasteiger partial charge in [0.25, 0.3) is 0 Å². The van der Waals surface area contributed by atoms with Gasteiger partial charge >= 0.3 is 6.03 Å². The number of carbonyl (C=O) groups excluding carboxylic acids is 2. The fraction of sp³-hybridized carbons (Fsp3) is 0.583. The molecule has 0 fully saturated rings. The minimum Gasteiger partial charge on any atom is -0.497 e. The minimum absolute atomic E-state index is 0.0232. The summed E-state index contributed by atoms with van der Waals surface area (Å²) in [5, 5.41) is 20.7. The molecule has 1 aromatic heterocycles. The number of aliphatic hydroxyl groups is 1. The summed E-state index contributed by atoms with van der Waals surface area (Å²) in [5.41, 5.74) is 1.47. The molecule has 11 heteroatoms. The van der Waals surface area contributed by atoms with E-state index in [1.807, 2.05) is 13.8 Å². The molecule has 0 saturated heterocycles. The molecule has 35 heavy (non-hydrogen) atoms. The number of amides is 3. The molecule has 1 aliphatic rings. The second-order valence-electron chi connectivity index (χ2n) is 9.00. The quantitative estimate of drug-likeness (QED) is 0.637. The number of rotatable bonds is 6. The van der Waals surface area contributed by atoms with Crippen LogP contribution in [0.4, 0.5) is 10.5 Å². The molecule has 0 aliphatic carbocycles. The lowest BCUT2D eigenvalue weighted by atomic mass is 10.0. The predicted molar refractivity (Wildman–Crippen MR) is 130 cm³/mol. The van der Waals surface area contributed by atoms with Crippen LogP contribution >= 0.6 is 0 Å². The first-order valence-electron chi connectivity index (χ1n) is 11.9. The molecular weight excluding hydrogens is 452 g/mol. The van der Waals surface area contributed by atoms with Crippen molar-refractivity contribution in [1.82, 2.24) is 24.8 Å². The number of nitrogens with one attached hydrogen (secondary N) is 1. The first-order chi connectivity index (χ1) is 16.8. The predicted octanol–water partition coefficient (Wildman–Crippen LogP) is 1.98. The normalized spacial score (nSPS) is 20.3. The van der Waals surface area contributed by atoms with Gasteiger partial charge in [-0.1, -0.05) is 12.1 Å². The summed E-state index contributed by atoms with van der Waals surface area (Å²) in [4.78, 5) is 29.1. The van der Waals surface area contributed by atoms with Gasteiger partial charge in [-0.25, -0.2) is 9.48 Å². The monoisotopic (exact) mass is 488 g/mol. The summed E-state index contributed by atoms with van der Waals surface area (Å²) in [6.45, 7) is 5.26. The Kier molecular flexibility index (Phi) is 9.44. The fourth-order valence-electron chi connectivity index (χ4n) is 3.99. The van der Waals surface area contributed by atoms with Crippen molar-refractivity contribution in [2.24, 2.45) is 5.92 Å². The summed E-state index contributed by atoms with van der Waals surface area (Å²) in [6, 6.07) is 6.51. The maximum atomic E-state index is 13.0. The summed E-state index contributed by atoms with van der Waals surface area (Å²) in [5.74, 6) is 0.578. The molecule has 0 saturated carbocycles. The van der Waals surface area contributed by atoms with Gasteiger partial charge in [-0.2, -0.15) is 0 Å². The van der Waals surface area contributed by atoms with Crippen molar-refractivity contribution in [2.45, 2.75) is 52.0 Å². The molecule has 3 atom stereocenters. The van der Waals surface area contributed by atoms with Crippen molar-refractivity contribution in [3.63, 3.8) is 0 Å². The Labute approximate surface area is 206 Å². The molecule has 192 valence electrons. The van der Waals surface area contributed by atoms with Crippen LogP contribution in [0, 0.1) is 5.92 Å². The van der Waals surface area contributed by atoms with Crippen LogP contribution in [0.25, 0.3) is 0 Å². The highest BCUT2D eigenvalue weighted by molar-refractivity contribution is 5.89. The Morgan fingerprint density at radius 3 is 2.80 bits per heavy atom. The highest BCUT2D eigenvalue weighted by Crippen LogP contribution is 2.19. The van der Waals surface area contributed by atoms with E-state index in [2.05, 4.69) is 15.6 Å². The highest BCUT2D eigenvalue weighted by Gasteiger charge is 2.29. The van der Waals surface area contributed by atoms with Gasteiger partial charge in [-0.05, 0) is 37.6 Å². The topological polar surface area (TPSA) is 122 Å². The number of likely N-dealkylation sites (N-methyl/N-ethyl adjacent to an activating group) is 1. The Morgan fingerprint density at radius 1 is 1.37 bits per heavy atom. The van der Waals surface area contributed by atoms with Crippen LogP contribution in [-0.4, -0.2) is 87.8 Å². The van der Waals surface area contributed by atoms with Crippen LogP contribution in [0.15, 0.2) is 30.5 Å². The Balaban J connectivity index is 1.74. The lowest BCUT2D eigenvalue weighted by molar-refractivity contribution is -0.136. The van der Waals surface area contributed by atoms with Gasteiger partial charge in [-0.15, -0.1) is 5.10 Å². The number of urea groups is 1. The summed E-state index contributed by atoms with van der Waals surface area (Å²) < 4.78 is 13.2. The van der Waals surface area contributed by atoms with Crippen LogP contribution in [0.3, 0.4) is 0 Å². The largest absolute Gasteiger partial charge is 0.497 e. The van der Waals surface area contributed by atoms with Gasteiger partial charge in [0.2, 0.25) is 5.91 Å². The Hall–Kier alpha value is -3.18. The SMILES string of the molecule is COc1ccc(NC(=O)N(C)C[C@@H]2OCc3cnnn3CCCC(=O)N([C@H](C)CO)C[C@@H]2C)cc1. The van der Waals surface area contributed by atoms with Crippen molar-refractivity contribution >= 4 is 17.6 Å². The van der Waals surface area contributed by atoms with Crippen LogP contribution in [-0.2, 0) is 22.7 Å². The van der Waals surface area contributed by atoms with Gasteiger partial charge in [0.05, 0.1) is 44.4 Å². The number of aryl methyl sites for hydroxylation is 1. The van der Waals surface area contributed by atoms with Crippen LogP contribution < -0.4 is 10.1 Å². The molecule has 1 aliphatic heterocycles. The molecular formula is C24H36N6O5. The fourth-order valence-corrected chi connectivity index (χ4v) is 3.99. The lowest BCUT2D eigenvalue weighted by Gasteiger charge is -2.35. The molecule has 3 amide bonds. The third-order valence-electron chi connectivity index (χ3n) is 6.28.